The molecule has 4 unspecified atom stereocenters. The number of fused-ring (bicyclic) bond motifs is 2. The van der Waals surface area contributed by atoms with Gasteiger partial charge in [-0.15, -0.1) is 11.3 Å². The van der Waals surface area contributed by atoms with Crippen LogP contribution in [0.1, 0.15) is 164 Å². The van der Waals surface area contributed by atoms with Gasteiger partial charge in [-0.3, -0.25) is 14.4 Å². The van der Waals surface area contributed by atoms with E-state index in [-0.39, 0.29) is 42.1 Å². The maximum atomic E-state index is 12.5. The lowest BCUT2D eigenvalue weighted by molar-refractivity contribution is -0.155. The summed E-state index contributed by atoms with van der Waals surface area (Å²) < 4.78 is 25.4. The second-order valence-corrected chi connectivity index (χ2v) is 16.7. The quantitative estimate of drug-likeness (QED) is 0.0707. The molecule has 0 N–H and O–H groups in total. The van der Waals surface area contributed by atoms with Crippen LogP contribution in [-0.2, 0) is 33.3 Å². The molecular weight excluding hydrogens is 733 g/mol. The van der Waals surface area contributed by atoms with E-state index in [1.54, 1.807) is 25.2 Å². The number of carbonyl (C=O) groups excluding carboxylic acids is 3. The molecule has 4 aromatic carbocycles. The zero-order valence-electron chi connectivity index (χ0n) is 34.3. The molecule has 1 aromatic heterocycles. The Balaban J connectivity index is 1.38. The summed E-state index contributed by atoms with van der Waals surface area (Å²) in [7, 11) is 0. The van der Waals surface area contributed by atoms with E-state index in [1.165, 1.54) is 31.3 Å². The van der Waals surface area contributed by atoms with Gasteiger partial charge < -0.3 is 18.9 Å². The van der Waals surface area contributed by atoms with Gasteiger partial charge in [0.2, 0.25) is 0 Å². The molecule has 8 heteroatoms. The number of hydrogen-bond acceptors (Lipinski definition) is 8. The van der Waals surface area contributed by atoms with Gasteiger partial charge in [0.1, 0.15) is 24.4 Å². The molecule has 0 saturated heterocycles. The number of ether oxygens (including phenoxy) is 4. The highest BCUT2D eigenvalue weighted by Crippen LogP contribution is 2.48. The molecule has 1 heterocycles. The first-order valence-corrected chi connectivity index (χ1v) is 21.5. The van der Waals surface area contributed by atoms with Gasteiger partial charge in [0, 0.05) is 46.0 Å². The second-order valence-electron chi connectivity index (χ2n) is 15.6. The predicted molar refractivity (Wildman–Crippen MR) is 228 cm³/mol. The van der Waals surface area contributed by atoms with Gasteiger partial charge in [-0.25, -0.2) is 0 Å². The van der Waals surface area contributed by atoms with Crippen LogP contribution in [0.2, 0.25) is 0 Å². The molecule has 2 aliphatic rings. The standard InChI is InChI=1S/C49H54O7S/c1-9-28(7)53-41-22-20-39(54-44(50)10-2)35-16-14-31(26-38(35)41)49-36-18-17-32(27(5)6)47-33(19-24-43(57-49)48(36)47)29(8)30-13-15-34-37(25-30)42(56-46(52)12-4)23-21-40(34)55-45(51)11-3/h13-19,24-27,39-42H,7,9-12,20-23H2,1-6,8H3. The van der Waals surface area contributed by atoms with E-state index >= 15 is 0 Å². The van der Waals surface area contributed by atoms with E-state index in [9.17, 15) is 14.4 Å². The van der Waals surface area contributed by atoms with E-state index in [1.807, 2.05) is 13.8 Å². The van der Waals surface area contributed by atoms with Crippen molar-refractivity contribution in [3.63, 3.8) is 0 Å². The molecule has 0 spiro atoms. The van der Waals surface area contributed by atoms with Crippen LogP contribution in [0.15, 0.2) is 73.0 Å². The Bertz CT molecular complexity index is 2420. The summed E-state index contributed by atoms with van der Waals surface area (Å²) in [6, 6.07) is 21.9. The van der Waals surface area contributed by atoms with Crippen molar-refractivity contribution in [2.75, 3.05) is 0 Å². The SMILES string of the molecule is C=C(CC)OC1CCC(OC(=O)CC)c2ccc(-c3sc4ccc(=C(C)c5ccc6c(c5)C(OC(=O)CC)CCC6OC(=O)CC)c5c(C(C)C)ccc3c45)cc21. The summed E-state index contributed by atoms with van der Waals surface area (Å²) >= 11 is 1.80. The largest absolute Gasteiger partial charge is 0.491 e. The summed E-state index contributed by atoms with van der Waals surface area (Å²) in [5, 5.41) is 4.84. The number of benzene rings is 4. The summed E-state index contributed by atoms with van der Waals surface area (Å²) in [4.78, 5) is 38.5. The van der Waals surface area contributed by atoms with E-state index in [2.05, 4.69) is 88.0 Å². The van der Waals surface area contributed by atoms with Crippen LogP contribution < -0.4 is 5.22 Å². The average molecular weight is 787 g/mol. The molecule has 4 atom stereocenters. The van der Waals surface area contributed by atoms with Gasteiger partial charge in [-0.05, 0) is 112 Å². The van der Waals surface area contributed by atoms with Crippen molar-refractivity contribution in [3.8, 4) is 10.4 Å². The molecule has 5 aromatic rings. The van der Waals surface area contributed by atoms with Crippen molar-refractivity contribution in [3.05, 3.63) is 112 Å². The van der Waals surface area contributed by atoms with Crippen molar-refractivity contribution < 1.29 is 33.3 Å². The number of allylic oxidation sites excluding steroid dienone is 1. The molecule has 57 heavy (non-hydrogen) atoms. The van der Waals surface area contributed by atoms with Crippen molar-refractivity contribution in [1.82, 2.24) is 0 Å². The lowest BCUT2D eigenvalue weighted by atomic mass is 9.84. The van der Waals surface area contributed by atoms with Crippen molar-refractivity contribution in [1.29, 1.82) is 0 Å². The minimum Gasteiger partial charge on any atom is -0.491 e. The van der Waals surface area contributed by atoms with Crippen molar-refractivity contribution in [2.45, 2.75) is 130 Å². The van der Waals surface area contributed by atoms with Crippen LogP contribution in [0, 0.1) is 0 Å². The molecule has 0 fully saturated rings. The molecule has 0 saturated carbocycles. The molecule has 7 nitrogen and oxygen atoms in total. The Morgan fingerprint density at radius 1 is 0.649 bits per heavy atom. The van der Waals surface area contributed by atoms with Crippen LogP contribution in [0.25, 0.3) is 36.9 Å². The fourth-order valence-corrected chi connectivity index (χ4v) is 9.68. The maximum absolute atomic E-state index is 12.5. The highest BCUT2D eigenvalue weighted by molar-refractivity contribution is 7.23. The monoisotopic (exact) mass is 786 g/mol. The summed E-state index contributed by atoms with van der Waals surface area (Å²) in [5.74, 6) is 0.347. The fraction of sp³-hybridized carbons (Fsp3) is 0.408. The molecule has 0 amide bonds. The Kier molecular flexibility index (Phi) is 11.9. The van der Waals surface area contributed by atoms with Crippen molar-refractivity contribution >= 4 is 55.7 Å². The lowest BCUT2D eigenvalue weighted by Crippen LogP contribution is -2.22. The number of thiophene rings is 1. The number of hydrogen-bond donors (Lipinski definition) is 0. The van der Waals surface area contributed by atoms with Crippen LogP contribution in [-0.4, -0.2) is 17.9 Å². The van der Waals surface area contributed by atoms with Crippen molar-refractivity contribution in [2.24, 2.45) is 0 Å². The highest BCUT2D eigenvalue weighted by Gasteiger charge is 2.33. The maximum Gasteiger partial charge on any atom is 0.306 e. The Morgan fingerprint density at radius 3 is 1.75 bits per heavy atom. The van der Waals surface area contributed by atoms with Gasteiger partial charge >= 0.3 is 17.9 Å². The van der Waals surface area contributed by atoms with E-state index in [0.717, 1.165) is 62.8 Å². The topological polar surface area (TPSA) is 88.1 Å². The zero-order valence-corrected chi connectivity index (χ0v) is 35.1. The van der Waals surface area contributed by atoms with Crippen LogP contribution in [0.3, 0.4) is 0 Å². The summed E-state index contributed by atoms with van der Waals surface area (Å²) in [6.45, 7) is 18.3. The van der Waals surface area contributed by atoms with Gasteiger partial charge in [0.15, 0.2) is 0 Å². The second kappa shape index (κ2) is 16.9. The highest BCUT2D eigenvalue weighted by atomic mass is 32.1. The first-order valence-electron chi connectivity index (χ1n) is 20.7. The molecule has 0 radical (unpaired) electrons. The lowest BCUT2D eigenvalue weighted by Gasteiger charge is -2.32. The minimum absolute atomic E-state index is 0.166. The summed E-state index contributed by atoms with van der Waals surface area (Å²) in [6.07, 6.45) is 3.05. The molecule has 2 aliphatic carbocycles. The van der Waals surface area contributed by atoms with Crippen LogP contribution in [0.5, 0.6) is 0 Å². The third-order valence-corrected chi connectivity index (χ3v) is 12.9. The molecule has 298 valence electrons. The Labute approximate surface area is 340 Å². The number of carbonyl (C=O) groups is 3. The third kappa shape index (κ3) is 7.85. The van der Waals surface area contributed by atoms with E-state index in [4.69, 9.17) is 18.9 Å². The molecule has 0 bridgehead atoms. The van der Waals surface area contributed by atoms with Crippen LogP contribution >= 0.6 is 11.3 Å². The van der Waals surface area contributed by atoms with Gasteiger partial charge in [0.25, 0.3) is 0 Å². The third-order valence-electron chi connectivity index (χ3n) is 11.7. The minimum atomic E-state index is -0.403. The first kappa shape index (κ1) is 40.3. The molecular formula is C49H54O7S. The average Bonchev–Trinajstić information content (AvgIpc) is 3.61. The predicted octanol–water partition coefficient (Wildman–Crippen LogP) is 12.3. The van der Waals surface area contributed by atoms with E-state index < -0.39 is 6.10 Å². The summed E-state index contributed by atoms with van der Waals surface area (Å²) in [5.41, 5.74) is 8.39. The normalized spacial score (nSPS) is 19.5. The number of rotatable bonds is 12. The van der Waals surface area contributed by atoms with Gasteiger partial charge in [-0.2, -0.15) is 0 Å². The zero-order chi connectivity index (χ0) is 40.5. The Hall–Kier alpha value is -4.95. The number of esters is 3. The fourth-order valence-electron chi connectivity index (χ4n) is 8.49. The smallest absolute Gasteiger partial charge is 0.306 e. The van der Waals surface area contributed by atoms with Crippen LogP contribution in [0.4, 0.5) is 0 Å². The van der Waals surface area contributed by atoms with Gasteiger partial charge in [-0.1, -0.05) is 90.6 Å². The molecule has 7 rings (SSSR count). The van der Waals surface area contributed by atoms with Gasteiger partial charge in [0.05, 0.1) is 5.76 Å². The molecule has 0 aliphatic heterocycles. The Morgan fingerprint density at radius 2 is 1.19 bits per heavy atom. The first-order chi connectivity index (χ1) is 27.5. The van der Waals surface area contributed by atoms with E-state index in [0.29, 0.717) is 38.5 Å².